The number of methoxy groups -OCH3 is 2. The fraction of sp³-hybridized carbons (Fsp3) is 0.269. The summed E-state index contributed by atoms with van der Waals surface area (Å²) in [7, 11) is 2.33. The van der Waals surface area contributed by atoms with Gasteiger partial charge in [0.1, 0.15) is 47.3 Å². The highest BCUT2D eigenvalue weighted by Gasteiger charge is 2.31. The molecule has 406 valence electrons. The van der Waals surface area contributed by atoms with E-state index in [0.29, 0.717) is 70.4 Å². The number of halogens is 4. The zero-order valence-corrected chi connectivity index (χ0v) is 48.1. The van der Waals surface area contributed by atoms with Crippen LogP contribution < -0.4 is 51.2 Å². The monoisotopic (exact) mass is 1250 g/mol. The fourth-order valence-electron chi connectivity index (χ4n) is 7.21. The van der Waals surface area contributed by atoms with Gasteiger partial charge in [-0.25, -0.2) is 9.97 Å². The number of amides is 1. The van der Waals surface area contributed by atoms with Crippen LogP contribution in [0.2, 0.25) is 10.0 Å². The molecule has 0 aliphatic carbocycles. The van der Waals surface area contributed by atoms with Gasteiger partial charge in [0, 0.05) is 84.9 Å². The summed E-state index contributed by atoms with van der Waals surface area (Å²) in [6.45, 7) is 9.79. The second-order valence-corrected chi connectivity index (χ2v) is 24.1. The first-order valence-electron chi connectivity index (χ1n) is 22.9. The molecule has 1 amide bonds. The molecule has 6 aromatic rings. The average molecular weight is 1250 g/mol. The van der Waals surface area contributed by atoms with Crippen molar-refractivity contribution >= 4 is 128 Å². The number of anilines is 6. The van der Waals surface area contributed by atoms with Crippen LogP contribution in [0, 0.1) is 0 Å². The lowest BCUT2D eigenvalue weighted by Gasteiger charge is -2.30. The summed E-state index contributed by atoms with van der Waals surface area (Å²) < 4.78 is 49.7. The van der Waals surface area contributed by atoms with E-state index in [0.717, 1.165) is 42.9 Å². The van der Waals surface area contributed by atoms with Crippen molar-refractivity contribution in [3.05, 3.63) is 133 Å². The van der Waals surface area contributed by atoms with Crippen molar-refractivity contribution in [2.75, 3.05) is 106 Å². The molecule has 2 saturated heterocycles. The van der Waals surface area contributed by atoms with Gasteiger partial charge < -0.3 is 59.6 Å². The van der Waals surface area contributed by atoms with Gasteiger partial charge in [0.2, 0.25) is 34.8 Å². The topological polar surface area (TPSA) is 225 Å². The number of benzene rings is 4. The Hall–Kier alpha value is -5.76. The van der Waals surface area contributed by atoms with Crippen LogP contribution in [-0.2, 0) is 18.7 Å². The quantitative estimate of drug-likeness (QED) is 0.0187. The molecule has 0 unspecified atom stereocenters. The number of nitrogens with two attached hydrogens (primary N) is 1. The summed E-state index contributed by atoms with van der Waals surface area (Å²) in [5, 5.41) is 10.5. The number of nitrogen functional groups attached to an aromatic ring is 1. The number of nitrogens with one attached hydrogen (secondary N) is 3. The van der Waals surface area contributed by atoms with Crippen LogP contribution in [0.1, 0.15) is 7.43 Å². The molecule has 2 aliphatic rings. The molecule has 0 saturated carbocycles. The van der Waals surface area contributed by atoms with Crippen LogP contribution in [0.15, 0.2) is 123 Å². The molecule has 0 radical (unpaired) electrons. The number of carbonyl (C=O) groups excluding carboxylic acids is 2. The van der Waals surface area contributed by atoms with Gasteiger partial charge in [-0.2, -0.15) is 9.97 Å². The fourth-order valence-corrected chi connectivity index (χ4v) is 13.0. The molecule has 0 spiro atoms. The van der Waals surface area contributed by atoms with E-state index in [1.54, 1.807) is 62.8 Å². The van der Waals surface area contributed by atoms with Crippen LogP contribution in [0.3, 0.4) is 0 Å². The summed E-state index contributed by atoms with van der Waals surface area (Å²) in [4.78, 5) is 44.6. The van der Waals surface area contributed by atoms with Crippen molar-refractivity contribution in [3.8, 4) is 34.8 Å². The van der Waals surface area contributed by atoms with Crippen LogP contribution >= 0.6 is 71.7 Å². The number of aromatic nitrogens is 4. The lowest BCUT2D eigenvalue weighted by Crippen LogP contribution is -2.34. The molecular formula is C52H62Cl3IN10O8P2. The number of allylic oxidation sites excluding steroid dienone is 1. The third-order valence-electron chi connectivity index (χ3n) is 11.3. The van der Waals surface area contributed by atoms with E-state index in [-0.39, 0.29) is 47.0 Å². The van der Waals surface area contributed by atoms with E-state index < -0.39 is 19.5 Å². The van der Waals surface area contributed by atoms with Gasteiger partial charge in [-0.05, 0) is 103 Å². The number of alkyl halides is 1. The van der Waals surface area contributed by atoms with Crippen LogP contribution in [-0.4, -0.2) is 125 Å². The second-order valence-electron chi connectivity index (χ2n) is 16.5. The highest BCUT2D eigenvalue weighted by Crippen LogP contribution is 2.48. The Kier molecular flexibility index (Phi) is 25.0. The minimum Gasteiger partial charge on any atom is -0.495 e. The van der Waals surface area contributed by atoms with E-state index in [9.17, 15) is 18.7 Å². The Labute approximate surface area is 473 Å². The van der Waals surface area contributed by atoms with Crippen molar-refractivity contribution in [3.63, 3.8) is 0 Å². The number of carbonyl (C=O) groups is 2. The highest BCUT2D eigenvalue weighted by atomic mass is 127. The Bertz CT molecular complexity index is 3050. The van der Waals surface area contributed by atoms with Gasteiger partial charge >= 0.3 is 0 Å². The highest BCUT2D eigenvalue weighted by molar-refractivity contribution is 14.1. The second kappa shape index (κ2) is 30.3. The summed E-state index contributed by atoms with van der Waals surface area (Å²) in [5.74, 6) is 2.55. The van der Waals surface area contributed by atoms with Crippen molar-refractivity contribution < 1.29 is 37.7 Å². The first kappa shape index (κ1) is 62.8. The molecule has 0 atom stereocenters. The Morgan fingerprint density at radius 3 is 1.50 bits per heavy atom. The van der Waals surface area contributed by atoms with E-state index in [1.807, 2.05) is 55.4 Å². The number of hydrogen-bond donors (Lipinski definition) is 4. The number of ether oxygens (including phenoxy) is 4. The van der Waals surface area contributed by atoms with Crippen LogP contribution in [0.4, 0.5) is 34.6 Å². The van der Waals surface area contributed by atoms with E-state index in [2.05, 4.69) is 81.4 Å². The molecule has 4 aromatic carbocycles. The predicted molar refractivity (Wildman–Crippen MR) is 320 cm³/mol. The van der Waals surface area contributed by atoms with Gasteiger partial charge in [0.05, 0.1) is 38.0 Å². The number of hydrogen-bond acceptors (Lipinski definition) is 17. The first-order valence-corrected chi connectivity index (χ1v) is 30.3. The van der Waals surface area contributed by atoms with Crippen molar-refractivity contribution in [2.24, 2.45) is 0 Å². The normalized spacial score (nSPS) is 14.3. The molecule has 0 bridgehead atoms. The Balaban J connectivity index is 0.000000291. The third kappa shape index (κ3) is 18.2. The minimum atomic E-state index is -2.46. The zero-order chi connectivity index (χ0) is 54.7. The SMILES string of the molecule is C.C=CC(=O)Cl.C=CC(=O)Nc1cccc(Oc2nc(Nc3ccc(P4(=O)CCN(C)CC4)cc3OC)ncc2Cl)c1.CI.COc1cc(P2(=O)CCN(C)CC2)ccc1Nc1ncc(Cl)c(Oc2cccc(N)c2)n1. The largest absolute Gasteiger partial charge is 0.495 e. The Morgan fingerprint density at radius 2 is 1.11 bits per heavy atom. The maximum Gasteiger partial charge on any atom is 0.247 e. The molecular weight excluding hydrogens is 1190 g/mol. The van der Waals surface area contributed by atoms with Gasteiger partial charge in [-0.3, -0.25) is 9.59 Å². The van der Waals surface area contributed by atoms with Crippen molar-refractivity contribution in [1.82, 2.24) is 29.7 Å². The smallest absolute Gasteiger partial charge is 0.247 e. The molecule has 2 fully saturated rings. The summed E-state index contributed by atoms with van der Waals surface area (Å²) in [5.41, 5.74) is 8.17. The average Bonchev–Trinajstić information content (AvgIpc) is 3.41. The third-order valence-corrected chi connectivity index (χ3v) is 18.1. The molecule has 24 heteroatoms. The molecule has 18 nitrogen and oxygen atoms in total. The van der Waals surface area contributed by atoms with Gasteiger partial charge in [-0.15, -0.1) is 0 Å². The lowest BCUT2D eigenvalue weighted by atomic mass is 10.3. The van der Waals surface area contributed by atoms with Crippen LogP contribution in [0.25, 0.3) is 0 Å². The zero-order valence-electron chi connectivity index (χ0n) is 41.9. The molecule has 5 N–H and O–H groups in total. The molecule has 2 aliphatic heterocycles. The maximum absolute atomic E-state index is 13.5. The first-order chi connectivity index (χ1) is 35.9. The van der Waals surface area contributed by atoms with Crippen molar-refractivity contribution in [2.45, 2.75) is 7.43 Å². The van der Waals surface area contributed by atoms with Crippen molar-refractivity contribution in [1.29, 1.82) is 0 Å². The molecule has 76 heavy (non-hydrogen) atoms. The molecule has 2 aromatic heterocycles. The van der Waals surface area contributed by atoms with Gasteiger partial charge in [-0.1, -0.05) is 78.5 Å². The molecule has 4 heterocycles. The van der Waals surface area contributed by atoms with E-state index >= 15 is 0 Å². The van der Waals surface area contributed by atoms with Crippen LogP contribution in [0.5, 0.6) is 34.8 Å². The maximum atomic E-state index is 13.5. The lowest BCUT2D eigenvalue weighted by molar-refractivity contribution is -0.112. The Morgan fingerprint density at radius 1 is 0.684 bits per heavy atom. The van der Waals surface area contributed by atoms with Gasteiger partial charge in [0.15, 0.2) is 0 Å². The summed E-state index contributed by atoms with van der Waals surface area (Å²) in [6.07, 6.45) is 7.75. The summed E-state index contributed by atoms with van der Waals surface area (Å²) >= 11 is 19.3. The van der Waals surface area contributed by atoms with E-state index in [4.69, 9.17) is 59.5 Å². The number of nitrogens with zero attached hydrogens (tertiary/aromatic N) is 6. The summed E-state index contributed by atoms with van der Waals surface area (Å²) in [6, 6.07) is 24.8. The van der Waals surface area contributed by atoms with Gasteiger partial charge in [0.25, 0.3) is 0 Å². The minimum absolute atomic E-state index is 0. The number of rotatable bonds is 15. The van der Waals surface area contributed by atoms with E-state index in [1.165, 1.54) is 18.5 Å². The molecule has 8 rings (SSSR count). The standard InChI is InChI=1S/C25H27ClN5O4P.C22H25ClN5O3P.C3H3ClO.CH3I.CH4/c1-4-23(32)28-17-6-5-7-18(14-17)35-24-20(26)16-27-25(30-24)29-21-9-8-19(15-22(21)34-3)36(33)12-10-31(2)11-13-36;1-28-8-10-32(29,11-9-28)17-6-7-19(20(13-17)30-2)26-22-25-14-18(23)21(27-22)31-16-5-3-4-15(24)12-16;1-2-3(4)5;1-2;/h4-9,14-16H,1,10-13H2,2-3H3,(H,28,32)(H,27,29,30);3-7,12-14H,8-11,24H2,1-2H3,(H,25,26,27);2H,1H2;1H3;1H4. The predicted octanol–water partition coefficient (Wildman–Crippen LogP) is 11.5.